The zero-order chi connectivity index (χ0) is 27.2. The minimum atomic E-state index is -1.18. The minimum Gasteiger partial charge on any atom is -0.477 e. The van der Waals surface area contributed by atoms with Gasteiger partial charge in [0.1, 0.15) is 11.6 Å². The van der Waals surface area contributed by atoms with Gasteiger partial charge < -0.3 is 10.0 Å². The topological polar surface area (TPSA) is 64.3 Å². The van der Waals surface area contributed by atoms with Crippen LogP contribution in [0.1, 0.15) is 66.0 Å². The Kier molecular flexibility index (Phi) is 11.9. The Bertz CT molecular complexity index is 1240. The lowest BCUT2D eigenvalue weighted by atomic mass is 10.0. The van der Waals surface area contributed by atoms with Gasteiger partial charge in [-0.3, -0.25) is 0 Å². The molecule has 0 aliphatic rings. The highest BCUT2D eigenvalue weighted by atomic mass is 32.1. The van der Waals surface area contributed by atoms with E-state index in [4.69, 9.17) is 10.4 Å². The Morgan fingerprint density at radius 1 is 0.895 bits per heavy atom. The van der Waals surface area contributed by atoms with E-state index in [0.717, 1.165) is 31.5 Å². The van der Waals surface area contributed by atoms with Gasteiger partial charge in [-0.2, -0.15) is 5.26 Å². The van der Waals surface area contributed by atoms with Gasteiger partial charge in [-0.1, -0.05) is 75.2 Å². The summed E-state index contributed by atoms with van der Waals surface area (Å²) in [5.41, 5.74) is 4.56. The lowest BCUT2D eigenvalue weighted by molar-refractivity contribution is -0.132. The summed E-state index contributed by atoms with van der Waals surface area (Å²) < 4.78 is 0. The lowest BCUT2D eigenvalue weighted by Gasteiger charge is -2.24. The molecule has 0 unspecified atom stereocenters. The Hall–Kier alpha value is -3.62. The summed E-state index contributed by atoms with van der Waals surface area (Å²) in [5.74, 6) is -1.18. The molecule has 38 heavy (non-hydrogen) atoms. The molecule has 0 radical (unpaired) electrons. The van der Waals surface area contributed by atoms with Crippen molar-refractivity contribution in [1.29, 1.82) is 5.26 Å². The van der Waals surface area contributed by atoms with Gasteiger partial charge >= 0.3 is 5.97 Å². The maximum atomic E-state index is 10.9. The van der Waals surface area contributed by atoms with Crippen molar-refractivity contribution in [3.05, 3.63) is 98.8 Å². The number of anilines is 1. The Labute approximate surface area is 231 Å². The van der Waals surface area contributed by atoms with E-state index in [9.17, 15) is 4.79 Å². The molecular formula is C33H38N2O2S. The summed E-state index contributed by atoms with van der Waals surface area (Å²) in [6.07, 6.45) is 13.1. The molecule has 0 aliphatic carbocycles. The first-order valence-electron chi connectivity index (χ1n) is 13.6. The second kappa shape index (κ2) is 15.6. The summed E-state index contributed by atoms with van der Waals surface area (Å²) in [4.78, 5) is 16.1. The predicted octanol–water partition coefficient (Wildman–Crippen LogP) is 8.19. The molecule has 0 saturated carbocycles. The first-order chi connectivity index (χ1) is 18.5. The Balaban J connectivity index is 1.52. The van der Waals surface area contributed by atoms with Crippen LogP contribution in [0.3, 0.4) is 0 Å². The highest BCUT2D eigenvalue weighted by Crippen LogP contribution is 2.23. The number of rotatable bonds is 15. The molecule has 1 aromatic heterocycles. The smallest absolute Gasteiger partial charge is 0.346 e. The number of benzene rings is 2. The molecule has 0 atom stereocenters. The van der Waals surface area contributed by atoms with Gasteiger partial charge in [0.2, 0.25) is 0 Å². The number of carboxylic acids is 1. The van der Waals surface area contributed by atoms with Gasteiger partial charge in [0.15, 0.2) is 0 Å². The summed E-state index contributed by atoms with van der Waals surface area (Å²) in [6, 6.07) is 23.2. The van der Waals surface area contributed by atoms with Gasteiger partial charge in [-0.25, -0.2) is 4.79 Å². The molecule has 5 heteroatoms. The number of aliphatic carboxylic acids is 1. The largest absolute Gasteiger partial charge is 0.477 e. The van der Waals surface area contributed by atoms with Crippen LogP contribution in [0.15, 0.2) is 72.3 Å². The number of hydrogen-bond donors (Lipinski definition) is 1. The van der Waals surface area contributed by atoms with Crippen LogP contribution in [0.25, 0.3) is 12.2 Å². The number of nitrogens with zero attached hydrogens (tertiary/aromatic N) is 2. The highest BCUT2D eigenvalue weighted by Gasteiger charge is 2.06. The molecule has 0 amide bonds. The number of carbonyl (C=O) groups is 1. The van der Waals surface area contributed by atoms with Gasteiger partial charge in [0.25, 0.3) is 0 Å². The van der Waals surface area contributed by atoms with Crippen LogP contribution in [-0.2, 0) is 24.1 Å². The summed E-state index contributed by atoms with van der Waals surface area (Å²) >= 11 is 1.83. The summed E-state index contributed by atoms with van der Waals surface area (Å²) in [5, 5.41) is 17.8. The number of unbranched alkanes of at least 4 members (excludes halogenated alkanes) is 2. The van der Waals surface area contributed by atoms with E-state index in [1.54, 1.807) is 6.07 Å². The van der Waals surface area contributed by atoms with E-state index in [-0.39, 0.29) is 5.57 Å². The van der Waals surface area contributed by atoms with Crippen LogP contribution >= 0.6 is 11.3 Å². The normalized spacial score (nSPS) is 11.6. The maximum Gasteiger partial charge on any atom is 0.346 e. The van der Waals surface area contributed by atoms with E-state index in [0.29, 0.717) is 6.42 Å². The summed E-state index contributed by atoms with van der Waals surface area (Å²) in [7, 11) is 0. The number of hydrogen-bond acceptors (Lipinski definition) is 4. The summed E-state index contributed by atoms with van der Waals surface area (Å²) in [6.45, 7) is 6.75. The monoisotopic (exact) mass is 526 g/mol. The predicted molar refractivity (Wildman–Crippen MR) is 161 cm³/mol. The number of carboxylic acid groups (broad SMARTS) is 1. The SMILES string of the molecule is CCCCN(CCCC)c1ccc(/C=C/c2ccc(CCc3ccc(C/C=C(/C#N)C(=O)O)cc3)s2)cc1. The van der Waals surface area contributed by atoms with Crippen LogP contribution in [0.5, 0.6) is 0 Å². The van der Waals surface area contributed by atoms with Crippen molar-refractivity contribution in [1.82, 2.24) is 0 Å². The van der Waals surface area contributed by atoms with Gasteiger partial charge in [-0.05, 0) is 79.1 Å². The number of allylic oxidation sites excluding steroid dienone is 1. The molecule has 1 heterocycles. The van der Waals surface area contributed by atoms with Crippen molar-refractivity contribution >= 4 is 35.1 Å². The van der Waals surface area contributed by atoms with Gasteiger partial charge in [-0.15, -0.1) is 11.3 Å². The number of nitriles is 1. The fourth-order valence-electron chi connectivity index (χ4n) is 4.17. The van der Waals surface area contributed by atoms with Crippen molar-refractivity contribution in [2.45, 2.75) is 58.8 Å². The van der Waals surface area contributed by atoms with E-state index in [2.05, 4.69) is 79.4 Å². The molecule has 2 aromatic carbocycles. The molecule has 3 rings (SSSR count). The molecule has 0 aliphatic heterocycles. The third-order valence-electron chi connectivity index (χ3n) is 6.52. The van der Waals surface area contributed by atoms with E-state index >= 15 is 0 Å². The average Bonchev–Trinajstić information content (AvgIpc) is 3.40. The zero-order valence-corrected chi connectivity index (χ0v) is 23.3. The van der Waals surface area contributed by atoms with Gasteiger partial charge in [0.05, 0.1) is 0 Å². The van der Waals surface area contributed by atoms with Crippen molar-refractivity contribution in [2.75, 3.05) is 18.0 Å². The van der Waals surface area contributed by atoms with Crippen molar-refractivity contribution in [3.8, 4) is 6.07 Å². The highest BCUT2D eigenvalue weighted by molar-refractivity contribution is 7.12. The third-order valence-corrected chi connectivity index (χ3v) is 7.63. The fraction of sp³-hybridized carbons (Fsp3) is 0.333. The van der Waals surface area contributed by atoms with E-state index < -0.39 is 5.97 Å². The van der Waals surface area contributed by atoms with Crippen molar-refractivity contribution < 1.29 is 9.90 Å². The number of thiophene rings is 1. The molecule has 198 valence electrons. The van der Waals surface area contributed by atoms with Crippen molar-refractivity contribution in [2.24, 2.45) is 0 Å². The lowest BCUT2D eigenvalue weighted by Crippen LogP contribution is -2.25. The first-order valence-corrected chi connectivity index (χ1v) is 14.4. The molecule has 0 fully saturated rings. The Morgan fingerprint density at radius 3 is 2.16 bits per heavy atom. The van der Waals surface area contributed by atoms with Gasteiger partial charge in [0, 0.05) is 28.5 Å². The zero-order valence-electron chi connectivity index (χ0n) is 22.5. The van der Waals surface area contributed by atoms with Crippen LogP contribution < -0.4 is 4.90 Å². The molecule has 0 bridgehead atoms. The average molecular weight is 527 g/mol. The van der Waals surface area contributed by atoms with Crippen LogP contribution in [0, 0.1) is 11.3 Å². The molecular weight excluding hydrogens is 488 g/mol. The van der Waals surface area contributed by atoms with E-state index in [1.807, 2.05) is 23.5 Å². The van der Waals surface area contributed by atoms with Crippen molar-refractivity contribution in [3.63, 3.8) is 0 Å². The molecule has 1 N–H and O–H groups in total. The molecule has 0 saturated heterocycles. The van der Waals surface area contributed by atoms with E-state index in [1.165, 1.54) is 58.3 Å². The quantitative estimate of drug-likeness (QED) is 0.160. The first kappa shape index (κ1) is 28.9. The third kappa shape index (κ3) is 9.36. The maximum absolute atomic E-state index is 10.9. The minimum absolute atomic E-state index is 0.217. The second-order valence-electron chi connectivity index (χ2n) is 9.48. The molecule has 4 nitrogen and oxygen atoms in total. The Morgan fingerprint density at radius 2 is 1.55 bits per heavy atom. The number of aryl methyl sites for hydroxylation is 2. The van der Waals surface area contributed by atoms with Crippen LogP contribution in [0.2, 0.25) is 0 Å². The second-order valence-corrected chi connectivity index (χ2v) is 10.7. The fourth-order valence-corrected chi connectivity index (χ4v) is 5.09. The standard InChI is InChI=1S/C33H38N2O2S/c1-3-5-23-35(24-6-4-2)30-17-12-28(13-18-30)15-20-32-22-21-31(38-32)19-14-27-9-7-26(8-10-27)11-16-29(25-34)33(36)37/h7-10,12-13,15-18,20-22H,3-6,11,14,19,23-24H2,1-2H3,(H,36,37)/b20-15+,29-16-. The molecule has 0 spiro atoms. The van der Waals surface area contributed by atoms with Crippen LogP contribution in [0.4, 0.5) is 5.69 Å². The molecule has 3 aromatic rings. The van der Waals surface area contributed by atoms with Crippen LogP contribution in [-0.4, -0.2) is 24.2 Å².